The molecule has 2 aromatic carbocycles. The van der Waals surface area contributed by atoms with Crippen molar-refractivity contribution in [1.82, 2.24) is 14.9 Å². The number of primary amides is 1. The molecular weight excluding hydrogens is 414 g/mol. The van der Waals surface area contributed by atoms with Gasteiger partial charge in [-0.3, -0.25) is 14.9 Å². The second-order valence-electron chi connectivity index (χ2n) is 7.02. The number of hydrogen-bond acceptors (Lipinski definition) is 6. The number of nitrogens with one attached hydrogen (secondary N) is 2. The van der Waals surface area contributed by atoms with E-state index in [1.165, 1.54) is 20.1 Å². The van der Waals surface area contributed by atoms with E-state index >= 15 is 0 Å². The largest absolute Gasteiger partial charge is 0.494 e. The van der Waals surface area contributed by atoms with Crippen LogP contribution in [0.2, 0.25) is 0 Å². The van der Waals surface area contributed by atoms with E-state index in [-0.39, 0.29) is 18.1 Å². The molecule has 1 aromatic heterocycles. The van der Waals surface area contributed by atoms with Crippen molar-refractivity contribution in [1.29, 1.82) is 0 Å². The lowest BCUT2D eigenvalue weighted by Crippen LogP contribution is -2.26. The number of nitrogens with two attached hydrogens (primary N) is 1. The zero-order valence-electron chi connectivity index (χ0n) is 17.9. The third kappa shape index (κ3) is 5.54. The van der Waals surface area contributed by atoms with Crippen molar-refractivity contribution in [2.45, 2.75) is 26.5 Å². The Balaban J connectivity index is 1.69. The first-order valence-corrected chi connectivity index (χ1v) is 9.99. The third-order valence-corrected chi connectivity index (χ3v) is 4.64. The maximum atomic E-state index is 11.9. The zero-order chi connectivity index (χ0) is 23.1. The smallest absolute Gasteiger partial charge is 0.407 e. The number of carbonyl (C=O) groups excluding carboxylic acids is 3. The van der Waals surface area contributed by atoms with Gasteiger partial charge >= 0.3 is 6.09 Å². The van der Waals surface area contributed by atoms with Crippen LogP contribution in [0, 0.1) is 0 Å². The molecule has 0 aliphatic rings. The summed E-state index contributed by atoms with van der Waals surface area (Å²) in [6.07, 6.45) is 0.00857. The number of alkyl carbamates (subject to hydrolysis) is 1. The van der Waals surface area contributed by atoms with Crippen LogP contribution in [0.1, 0.15) is 29.3 Å². The summed E-state index contributed by atoms with van der Waals surface area (Å²) in [6, 6.07) is 12.5. The molecule has 32 heavy (non-hydrogen) atoms. The molecule has 0 aliphatic heterocycles. The van der Waals surface area contributed by atoms with E-state index in [1.54, 1.807) is 10.6 Å². The van der Waals surface area contributed by atoms with Crippen molar-refractivity contribution in [3.8, 4) is 5.75 Å². The lowest BCUT2D eigenvalue weighted by atomic mass is 10.1. The van der Waals surface area contributed by atoms with Crippen molar-refractivity contribution in [2.75, 3.05) is 19.0 Å². The van der Waals surface area contributed by atoms with Gasteiger partial charge in [0.25, 0.3) is 0 Å². The summed E-state index contributed by atoms with van der Waals surface area (Å²) in [5.41, 5.74) is 7.60. The topological polar surface area (TPSA) is 138 Å². The lowest BCUT2D eigenvalue weighted by Gasteiger charge is -2.12. The molecule has 0 aliphatic carbocycles. The monoisotopic (exact) mass is 439 g/mol. The van der Waals surface area contributed by atoms with E-state index in [4.69, 9.17) is 15.2 Å². The van der Waals surface area contributed by atoms with Crippen molar-refractivity contribution in [3.63, 3.8) is 0 Å². The predicted octanol–water partition coefficient (Wildman–Crippen LogP) is 2.42. The molecule has 168 valence electrons. The Morgan fingerprint density at radius 1 is 1.16 bits per heavy atom. The molecule has 3 rings (SSSR count). The molecule has 0 radical (unpaired) electrons. The van der Waals surface area contributed by atoms with Crippen LogP contribution >= 0.6 is 0 Å². The van der Waals surface area contributed by atoms with E-state index in [2.05, 4.69) is 15.6 Å². The molecule has 0 saturated heterocycles. The van der Waals surface area contributed by atoms with Gasteiger partial charge < -0.3 is 25.1 Å². The molecule has 4 N–H and O–H groups in total. The Kier molecular flexibility index (Phi) is 7.27. The summed E-state index contributed by atoms with van der Waals surface area (Å²) >= 11 is 0. The van der Waals surface area contributed by atoms with Gasteiger partial charge in [0.05, 0.1) is 12.6 Å². The summed E-state index contributed by atoms with van der Waals surface area (Å²) in [6.45, 7) is 2.32. The fraction of sp³-hybridized carbons (Fsp3) is 0.273. The Labute approximate surface area is 184 Å². The van der Waals surface area contributed by atoms with Crippen LogP contribution in [0.4, 0.5) is 10.7 Å². The number of hydrogen-bond donors (Lipinski definition) is 3. The number of nitrogens with zero attached hydrogens (tertiary/aromatic N) is 2. The van der Waals surface area contributed by atoms with E-state index < -0.39 is 12.0 Å². The first-order chi connectivity index (χ1) is 15.4. The molecule has 0 unspecified atom stereocenters. The first-order valence-electron chi connectivity index (χ1n) is 9.99. The molecule has 0 bridgehead atoms. The number of methoxy groups -OCH3 is 1. The van der Waals surface area contributed by atoms with Crippen LogP contribution in [0.25, 0.3) is 11.0 Å². The Hall–Kier alpha value is -4.08. The maximum absolute atomic E-state index is 11.9. The molecule has 0 saturated carbocycles. The summed E-state index contributed by atoms with van der Waals surface area (Å²) in [4.78, 5) is 39.6. The van der Waals surface area contributed by atoms with Crippen LogP contribution in [-0.4, -0.2) is 41.1 Å². The van der Waals surface area contributed by atoms with Crippen molar-refractivity contribution < 1.29 is 23.9 Å². The van der Waals surface area contributed by atoms with Gasteiger partial charge in [-0.05, 0) is 24.1 Å². The molecule has 0 spiro atoms. The highest BCUT2D eigenvalue weighted by atomic mass is 16.5. The number of aromatic nitrogens is 2. The van der Waals surface area contributed by atoms with E-state index in [0.717, 1.165) is 5.56 Å². The van der Waals surface area contributed by atoms with E-state index in [1.807, 2.05) is 30.3 Å². The lowest BCUT2D eigenvalue weighted by molar-refractivity contribution is -0.114. The van der Waals surface area contributed by atoms with Gasteiger partial charge in [0.1, 0.15) is 17.9 Å². The highest BCUT2D eigenvalue weighted by Gasteiger charge is 2.18. The van der Waals surface area contributed by atoms with Crippen LogP contribution in [-0.2, 0) is 22.7 Å². The quantitative estimate of drug-likeness (QED) is 0.438. The van der Waals surface area contributed by atoms with Crippen LogP contribution < -0.4 is 21.1 Å². The highest BCUT2D eigenvalue weighted by molar-refractivity contribution is 5.99. The Bertz CT molecular complexity index is 1130. The molecule has 10 heteroatoms. The molecule has 0 fully saturated rings. The zero-order valence-corrected chi connectivity index (χ0v) is 17.9. The van der Waals surface area contributed by atoms with Gasteiger partial charge in [-0.2, -0.15) is 0 Å². The van der Waals surface area contributed by atoms with Crippen LogP contribution in [0.15, 0.2) is 42.5 Å². The van der Waals surface area contributed by atoms with E-state index in [9.17, 15) is 14.4 Å². The molecule has 1 heterocycles. The predicted molar refractivity (Wildman–Crippen MR) is 118 cm³/mol. The van der Waals surface area contributed by atoms with Crippen LogP contribution in [0.5, 0.6) is 5.75 Å². The molecule has 0 atom stereocenters. The normalized spacial score (nSPS) is 10.6. The van der Waals surface area contributed by atoms with Crippen molar-refractivity contribution in [2.24, 2.45) is 5.73 Å². The SMILES string of the molecule is COc1cc(C(N)=O)cc2nc(NC(C)=O)n(CCCNC(=O)OCc3ccccc3)c12. The van der Waals surface area contributed by atoms with Gasteiger partial charge in [-0.15, -0.1) is 0 Å². The minimum atomic E-state index is -0.612. The molecular formula is C22H25N5O5. The first kappa shape index (κ1) is 22.6. The second kappa shape index (κ2) is 10.3. The number of carbonyl (C=O) groups is 3. The van der Waals surface area contributed by atoms with Gasteiger partial charge in [0.2, 0.25) is 17.8 Å². The minimum Gasteiger partial charge on any atom is -0.494 e. The second-order valence-corrected chi connectivity index (χ2v) is 7.02. The molecule has 3 aromatic rings. The minimum absolute atomic E-state index is 0.185. The number of amides is 3. The fourth-order valence-electron chi connectivity index (χ4n) is 3.20. The number of rotatable bonds is 9. The molecule has 10 nitrogen and oxygen atoms in total. The van der Waals surface area contributed by atoms with Crippen LogP contribution in [0.3, 0.4) is 0 Å². The summed E-state index contributed by atoms with van der Waals surface area (Å²) in [5, 5.41) is 5.38. The number of fused-ring (bicyclic) bond motifs is 1. The standard InChI is InChI=1S/C22H25N5O5/c1-14(28)25-21-26-17-11-16(20(23)29)12-18(31-2)19(17)27(21)10-6-9-24-22(30)32-13-15-7-4-3-5-8-15/h3-5,7-8,11-12H,6,9-10,13H2,1-2H3,(H2,23,29)(H,24,30)(H,25,26,28). The van der Waals surface area contributed by atoms with Gasteiger partial charge in [-0.25, -0.2) is 9.78 Å². The average molecular weight is 439 g/mol. The average Bonchev–Trinajstić information content (AvgIpc) is 3.11. The summed E-state index contributed by atoms with van der Waals surface area (Å²) in [5.74, 6) is -0.202. The van der Waals surface area contributed by atoms with E-state index in [0.29, 0.717) is 42.2 Å². The number of ether oxygens (including phenoxy) is 2. The van der Waals surface area contributed by atoms with Gasteiger partial charge in [-0.1, -0.05) is 30.3 Å². The van der Waals surface area contributed by atoms with Crippen molar-refractivity contribution in [3.05, 3.63) is 53.6 Å². The fourth-order valence-corrected chi connectivity index (χ4v) is 3.20. The maximum Gasteiger partial charge on any atom is 0.407 e. The van der Waals surface area contributed by atoms with Crippen molar-refractivity contribution >= 4 is 34.9 Å². The number of imidazole rings is 1. The summed E-state index contributed by atoms with van der Waals surface area (Å²) < 4.78 is 12.4. The molecule has 3 amide bonds. The van der Waals surface area contributed by atoms with Gasteiger partial charge in [0, 0.05) is 25.6 Å². The number of benzene rings is 2. The Morgan fingerprint density at radius 3 is 2.56 bits per heavy atom. The van der Waals surface area contributed by atoms with Gasteiger partial charge in [0.15, 0.2) is 0 Å². The third-order valence-electron chi connectivity index (χ3n) is 4.64. The summed E-state index contributed by atoms with van der Waals surface area (Å²) in [7, 11) is 1.47. The highest BCUT2D eigenvalue weighted by Crippen LogP contribution is 2.30. The number of anilines is 1. The number of aryl methyl sites for hydroxylation is 1. The Morgan fingerprint density at radius 2 is 1.91 bits per heavy atom.